The summed E-state index contributed by atoms with van der Waals surface area (Å²) in [6.07, 6.45) is -0.123. The number of hydrogen-bond acceptors (Lipinski definition) is 9. The van der Waals surface area contributed by atoms with Crippen LogP contribution in [-0.4, -0.2) is 85.9 Å². The molecule has 15 heteroatoms. The molecule has 0 spiro atoms. The lowest BCUT2D eigenvalue weighted by Gasteiger charge is -2.28. The number of hydrogen-bond donors (Lipinski definition) is 2. The van der Waals surface area contributed by atoms with E-state index in [-0.39, 0.29) is 18.7 Å². The standard InChI is InChI=1S/C18H15P.C11H16N4O9S/c1-4-10-16(11-5-1)19(17-12-6-2-7-13-17)18-14-8-3-9-15-18;1-12-9(16)5-23-13-6-3-7(10(17)22-2)14-4-8(6)15(11(14)18)24-25(19,20)21/h1-15H;7-8H,3-5H2,1-2H3,(H,12,16)(H,19,20,21)/b;13-6+/t;7-,8-/m.0/s1. The van der Waals surface area contributed by atoms with Crippen molar-refractivity contribution in [3.05, 3.63) is 91.0 Å². The Morgan fingerprint density at radius 1 is 0.955 bits per heavy atom. The van der Waals surface area contributed by atoms with E-state index in [9.17, 15) is 22.8 Å². The fourth-order valence-corrected chi connectivity index (χ4v) is 7.27. The van der Waals surface area contributed by atoms with E-state index in [2.05, 4.69) is 110 Å². The Balaban J connectivity index is 0.000000208. The quantitative estimate of drug-likeness (QED) is 0.152. The van der Waals surface area contributed by atoms with Gasteiger partial charge >= 0.3 is 22.4 Å². The maximum atomic E-state index is 12.3. The summed E-state index contributed by atoms with van der Waals surface area (Å²) >= 11 is 0. The topological polar surface area (TPSA) is 164 Å². The summed E-state index contributed by atoms with van der Waals surface area (Å²) in [5.41, 5.74) is 0.0741. The van der Waals surface area contributed by atoms with Crippen LogP contribution in [0.3, 0.4) is 0 Å². The van der Waals surface area contributed by atoms with Crippen molar-refractivity contribution in [1.82, 2.24) is 15.3 Å². The van der Waals surface area contributed by atoms with E-state index in [0.29, 0.717) is 5.06 Å². The maximum absolute atomic E-state index is 12.3. The predicted molar refractivity (Wildman–Crippen MR) is 163 cm³/mol. The highest BCUT2D eigenvalue weighted by molar-refractivity contribution is 7.80. The van der Waals surface area contributed by atoms with Crippen molar-refractivity contribution in [2.75, 3.05) is 27.3 Å². The van der Waals surface area contributed by atoms with Crippen molar-refractivity contribution in [3.63, 3.8) is 0 Å². The van der Waals surface area contributed by atoms with Gasteiger partial charge < -0.3 is 19.8 Å². The number of ether oxygens (including phenoxy) is 1. The molecule has 2 aliphatic rings. The third kappa shape index (κ3) is 8.17. The number of rotatable bonds is 9. The number of hydroxylamine groups is 2. The second kappa shape index (κ2) is 14.9. The molecule has 0 radical (unpaired) electrons. The van der Waals surface area contributed by atoms with Crippen LogP contribution in [0.5, 0.6) is 0 Å². The molecule has 232 valence electrons. The largest absolute Gasteiger partial charge is 0.467 e. The summed E-state index contributed by atoms with van der Waals surface area (Å²) in [4.78, 5) is 41.1. The van der Waals surface area contributed by atoms with Gasteiger partial charge in [0.1, 0.15) is 12.1 Å². The monoisotopic (exact) mass is 642 g/mol. The van der Waals surface area contributed by atoms with Gasteiger partial charge in [-0.3, -0.25) is 9.35 Å². The van der Waals surface area contributed by atoms with Crippen LogP contribution in [0.15, 0.2) is 96.2 Å². The minimum absolute atomic E-state index is 0.0741. The molecule has 13 nitrogen and oxygen atoms in total. The zero-order valence-corrected chi connectivity index (χ0v) is 25.6. The number of urea groups is 1. The van der Waals surface area contributed by atoms with E-state index in [4.69, 9.17) is 9.39 Å². The first kappa shape index (κ1) is 32.6. The van der Waals surface area contributed by atoms with Gasteiger partial charge in [-0.15, -0.1) is 4.28 Å². The SMILES string of the molecule is CNC(=O)CO/N=C1\C[C@@H](C(=O)OC)N2C[C@@H]1N(OS(=O)(=O)O)C2=O.c1ccc(P(c2ccccc2)c2ccccc2)cc1. The van der Waals surface area contributed by atoms with Crippen LogP contribution in [0.1, 0.15) is 6.42 Å². The number of esters is 1. The third-order valence-electron chi connectivity index (χ3n) is 6.60. The molecule has 3 amide bonds. The molecule has 0 aliphatic carbocycles. The van der Waals surface area contributed by atoms with Crippen LogP contribution < -0.4 is 21.2 Å². The number of carbonyl (C=O) groups excluding carboxylic acids is 3. The number of benzene rings is 3. The minimum Gasteiger partial charge on any atom is -0.467 e. The van der Waals surface area contributed by atoms with E-state index in [0.717, 1.165) is 12.0 Å². The van der Waals surface area contributed by atoms with Gasteiger partial charge in [0, 0.05) is 13.5 Å². The van der Waals surface area contributed by atoms with Crippen molar-refractivity contribution in [3.8, 4) is 0 Å². The Bertz CT molecular complexity index is 1480. The second-order valence-electron chi connectivity index (χ2n) is 9.39. The van der Waals surface area contributed by atoms with Crippen LogP contribution in [-0.2, 0) is 33.8 Å². The molecule has 2 fully saturated rings. The number of likely N-dealkylation sites (N-methyl/N-ethyl adjacent to an activating group) is 1. The van der Waals surface area contributed by atoms with Gasteiger partial charge in [0.25, 0.3) is 5.91 Å². The molecule has 44 heavy (non-hydrogen) atoms. The van der Waals surface area contributed by atoms with Crippen LogP contribution in [0.2, 0.25) is 0 Å². The van der Waals surface area contributed by atoms with Crippen LogP contribution in [0.4, 0.5) is 4.79 Å². The molecular weight excluding hydrogens is 611 g/mol. The molecule has 0 unspecified atom stereocenters. The molecule has 2 bridgehead atoms. The van der Waals surface area contributed by atoms with Gasteiger partial charge in [-0.2, -0.15) is 13.5 Å². The van der Waals surface area contributed by atoms with Gasteiger partial charge in [-0.25, -0.2) is 9.59 Å². The summed E-state index contributed by atoms with van der Waals surface area (Å²) in [7, 11) is -2.91. The first-order valence-electron chi connectivity index (χ1n) is 13.3. The molecule has 3 aromatic carbocycles. The second-order valence-corrected chi connectivity index (χ2v) is 12.6. The van der Waals surface area contributed by atoms with Crippen molar-refractivity contribution in [2.45, 2.75) is 18.5 Å². The van der Waals surface area contributed by atoms with E-state index >= 15 is 0 Å². The Morgan fingerprint density at radius 2 is 1.45 bits per heavy atom. The normalized spacial score (nSPS) is 18.5. The molecule has 2 heterocycles. The molecule has 0 aromatic heterocycles. The average Bonchev–Trinajstić information content (AvgIpc) is 3.29. The van der Waals surface area contributed by atoms with Gasteiger partial charge in [0.05, 0.1) is 19.4 Å². The van der Waals surface area contributed by atoms with Crippen LogP contribution in [0.25, 0.3) is 0 Å². The number of methoxy groups -OCH3 is 1. The summed E-state index contributed by atoms with van der Waals surface area (Å²) < 4.78 is 39.6. The molecule has 5 rings (SSSR count). The maximum Gasteiger partial charge on any atom is 0.418 e. The molecule has 3 aromatic rings. The summed E-state index contributed by atoms with van der Waals surface area (Å²) in [6.45, 7) is -0.567. The van der Waals surface area contributed by atoms with Crippen LogP contribution in [0, 0.1) is 0 Å². The highest BCUT2D eigenvalue weighted by atomic mass is 32.3. The van der Waals surface area contributed by atoms with E-state index in [1.54, 1.807) is 0 Å². The minimum atomic E-state index is -4.98. The molecule has 2 aliphatic heterocycles. The number of oxime groups is 1. The molecule has 2 N–H and O–H groups in total. The Kier molecular flexibility index (Phi) is 11.0. The highest BCUT2D eigenvalue weighted by Gasteiger charge is 2.53. The van der Waals surface area contributed by atoms with E-state index < -0.39 is 54.9 Å². The summed E-state index contributed by atoms with van der Waals surface area (Å²) in [5.74, 6) is -1.22. The van der Waals surface area contributed by atoms with Gasteiger partial charge in [-0.1, -0.05) is 96.2 Å². The van der Waals surface area contributed by atoms with Crippen LogP contribution >= 0.6 is 7.92 Å². The first-order chi connectivity index (χ1) is 21.1. The zero-order chi connectivity index (χ0) is 31.7. The zero-order valence-electron chi connectivity index (χ0n) is 23.8. The smallest absolute Gasteiger partial charge is 0.418 e. The number of piperidine rings is 1. The number of nitrogens with one attached hydrogen (secondary N) is 1. The number of amides is 3. The van der Waals surface area contributed by atoms with Crippen molar-refractivity contribution >= 4 is 57.9 Å². The third-order valence-corrected chi connectivity index (χ3v) is 9.39. The lowest BCUT2D eigenvalue weighted by Crippen LogP contribution is -2.49. The lowest BCUT2D eigenvalue weighted by molar-refractivity contribution is -0.145. The average molecular weight is 643 g/mol. The van der Waals surface area contributed by atoms with Gasteiger partial charge in [0.15, 0.2) is 6.61 Å². The van der Waals surface area contributed by atoms with Gasteiger partial charge in [-0.05, 0) is 23.8 Å². The first-order valence-corrected chi connectivity index (χ1v) is 16.0. The fourth-order valence-electron chi connectivity index (χ4n) is 4.60. The number of carbonyl (C=O) groups is 3. The highest BCUT2D eigenvalue weighted by Crippen LogP contribution is 2.32. The number of fused-ring (bicyclic) bond motifs is 2. The van der Waals surface area contributed by atoms with Crippen molar-refractivity contribution in [1.29, 1.82) is 0 Å². The number of nitrogens with zero attached hydrogens (tertiary/aromatic N) is 3. The Morgan fingerprint density at radius 3 is 1.89 bits per heavy atom. The molecule has 2 atom stereocenters. The Hall–Kier alpha value is -4.36. The van der Waals surface area contributed by atoms with E-state index in [1.165, 1.54) is 23.0 Å². The Labute approximate surface area is 256 Å². The molecule has 0 saturated carbocycles. The predicted octanol–water partition coefficient (Wildman–Crippen LogP) is 1.34. The van der Waals surface area contributed by atoms with Gasteiger partial charge in [0.2, 0.25) is 0 Å². The molecular formula is C29H31N4O9PS. The van der Waals surface area contributed by atoms with E-state index in [1.807, 2.05) is 0 Å². The van der Waals surface area contributed by atoms with Crippen molar-refractivity contribution in [2.24, 2.45) is 5.16 Å². The lowest BCUT2D eigenvalue weighted by atomic mass is 9.99. The molecule has 2 saturated heterocycles. The summed E-state index contributed by atoms with van der Waals surface area (Å²) in [6, 6.07) is 29.3. The van der Waals surface area contributed by atoms with Crippen molar-refractivity contribution < 1.29 is 41.2 Å². The fraction of sp³-hybridized carbons (Fsp3) is 0.241. The summed E-state index contributed by atoms with van der Waals surface area (Å²) in [5, 5.41) is 10.6.